The first-order valence-electron chi connectivity index (χ1n) is 15.5. The smallest absolute Gasteiger partial charge is 0.143 e. The van der Waals surface area contributed by atoms with Gasteiger partial charge in [0.25, 0.3) is 0 Å². The number of rotatable bonds is 2. The van der Waals surface area contributed by atoms with Crippen LogP contribution >= 0.6 is 0 Å². The van der Waals surface area contributed by atoms with Crippen molar-refractivity contribution in [1.29, 1.82) is 0 Å². The van der Waals surface area contributed by atoms with E-state index in [1.807, 2.05) is 0 Å². The van der Waals surface area contributed by atoms with Gasteiger partial charge < -0.3 is 4.42 Å². The number of benzene rings is 9. The third-order valence-electron chi connectivity index (χ3n) is 9.61. The van der Waals surface area contributed by atoms with Crippen LogP contribution < -0.4 is 0 Å². The van der Waals surface area contributed by atoms with Gasteiger partial charge in [0.1, 0.15) is 11.2 Å². The van der Waals surface area contributed by atoms with Crippen LogP contribution in [0.3, 0.4) is 0 Å². The Morgan fingerprint density at radius 3 is 1.42 bits per heavy atom. The van der Waals surface area contributed by atoms with Gasteiger partial charge in [-0.15, -0.1) is 0 Å². The first-order valence-corrected chi connectivity index (χ1v) is 15.5. The summed E-state index contributed by atoms with van der Waals surface area (Å²) < 4.78 is 6.92. The number of furan rings is 1. The minimum absolute atomic E-state index is 0.919. The third kappa shape index (κ3) is 3.44. The molecule has 1 heterocycles. The van der Waals surface area contributed by atoms with E-state index in [0.29, 0.717) is 0 Å². The van der Waals surface area contributed by atoms with Gasteiger partial charge in [-0.2, -0.15) is 0 Å². The van der Waals surface area contributed by atoms with Crippen molar-refractivity contribution in [3.05, 3.63) is 158 Å². The molecular weight excluding hydrogens is 544 g/mol. The first-order chi connectivity index (χ1) is 22.3. The van der Waals surface area contributed by atoms with Gasteiger partial charge in [0.05, 0.1) is 0 Å². The van der Waals surface area contributed by atoms with Crippen molar-refractivity contribution in [2.75, 3.05) is 0 Å². The second kappa shape index (κ2) is 9.29. The minimum atomic E-state index is 0.919. The van der Waals surface area contributed by atoms with Crippen LogP contribution in [0, 0.1) is 0 Å². The van der Waals surface area contributed by atoms with Crippen molar-refractivity contribution >= 4 is 75.8 Å². The largest absolute Gasteiger partial charge is 0.455 e. The van der Waals surface area contributed by atoms with Crippen LogP contribution in [0.2, 0.25) is 0 Å². The monoisotopic (exact) mass is 570 g/mol. The summed E-state index contributed by atoms with van der Waals surface area (Å²) in [4.78, 5) is 0. The molecule has 10 rings (SSSR count). The predicted molar refractivity (Wildman–Crippen MR) is 192 cm³/mol. The Morgan fingerprint density at radius 1 is 0.311 bits per heavy atom. The van der Waals surface area contributed by atoms with E-state index in [1.54, 1.807) is 0 Å². The lowest BCUT2D eigenvalue weighted by Gasteiger charge is -2.19. The molecule has 0 saturated heterocycles. The third-order valence-corrected chi connectivity index (χ3v) is 9.61. The lowest BCUT2D eigenvalue weighted by molar-refractivity contribution is 0.670. The van der Waals surface area contributed by atoms with Crippen molar-refractivity contribution in [2.24, 2.45) is 0 Å². The maximum atomic E-state index is 6.92. The van der Waals surface area contributed by atoms with Gasteiger partial charge >= 0.3 is 0 Å². The molecule has 9 aromatic carbocycles. The van der Waals surface area contributed by atoms with E-state index in [1.165, 1.54) is 81.3 Å². The highest BCUT2D eigenvalue weighted by molar-refractivity contribution is 6.32. The van der Waals surface area contributed by atoms with Crippen LogP contribution in [0.1, 0.15) is 0 Å². The van der Waals surface area contributed by atoms with Gasteiger partial charge in [-0.3, -0.25) is 0 Å². The van der Waals surface area contributed by atoms with E-state index in [9.17, 15) is 0 Å². The van der Waals surface area contributed by atoms with Crippen LogP contribution in [0.4, 0.5) is 0 Å². The molecule has 0 bridgehead atoms. The van der Waals surface area contributed by atoms with Gasteiger partial charge in [-0.25, -0.2) is 0 Å². The summed E-state index contributed by atoms with van der Waals surface area (Å²) in [6.07, 6.45) is 0. The Bertz CT molecular complexity index is 2750. The Kier molecular flexibility index (Phi) is 5.06. The molecule has 45 heavy (non-hydrogen) atoms. The predicted octanol–water partition coefficient (Wildman–Crippen LogP) is 12.7. The van der Waals surface area contributed by atoms with Crippen LogP contribution in [0.5, 0.6) is 0 Å². The van der Waals surface area contributed by atoms with Crippen LogP contribution in [0.25, 0.3) is 98.1 Å². The summed E-state index contributed by atoms with van der Waals surface area (Å²) in [5, 5.41) is 14.7. The second-order valence-electron chi connectivity index (χ2n) is 12.0. The minimum Gasteiger partial charge on any atom is -0.455 e. The van der Waals surface area contributed by atoms with Crippen LogP contribution in [-0.4, -0.2) is 0 Å². The molecule has 0 atom stereocenters. The molecule has 1 aromatic heterocycles. The molecule has 0 aliphatic rings. The summed E-state index contributed by atoms with van der Waals surface area (Å²) in [5.74, 6) is 0. The van der Waals surface area contributed by atoms with E-state index < -0.39 is 0 Å². The maximum Gasteiger partial charge on any atom is 0.143 e. The molecule has 0 amide bonds. The van der Waals surface area contributed by atoms with Crippen molar-refractivity contribution in [2.45, 2.75) is 0 Å². The zero-order valence-corrected chi connectivity index (χ0v) is 24.4. The molecule has 0 aliphatic heterocycles. The molecule has 0 aliphatic carbocycles. The van der Waals surface area contributed by atoms with E-state index in [2.05, 4.69) is 158 Å². The van der Waals surface area contributed by atoms with Crippen LogP contribution in [0.15, 0.2) is 162 Å². The maximum absolute atomic E-state index is 6.92. The molecule has 0 N–H and O–H groups in total. The van der Waals surface area contributed by atoms with Gasteiger partial charge in [0.15, 0.2) is 0 Å². The highest BCUT2D eigenvalue weighted by Crippen LogP contribution is 2.49. The molecular formula is C44H26O. The van der Waals surface area contributed by atoms with E-state index in [-0.39, 0.29) is 0 Å². The van der Waals surface area contributed by atoms with Gasteiger partial charge in [0.2, 0.25) is 0 Å². The highest BCUT2D eigenvalue weighted by Gasteiger charge is 2.23. The van der Waals surface area contributed by atoms with Crippen molar-refractivity contribution < 1.29 is 4.42 Å². The van der Waals surface area contributed by atoms with Crippen molar-refractivity contribution in [1.82, 2.24) is 0 Å². The molecule has 0 saturated carbocycles. The molecule has 0 spiro atoms. The SMILES string of the molecule is c1ccc2c(-c3c4ccccc4c(-c4cc5ccccc5c5c4oc4ccc6ccccc6c45)c4ccccc34)cccc2c1. The molecule has 208 valence electrons. The van der Waals surface area contributed by atoms with Gasteiger partial charge in [-0.1, -0.05) is 146 Å². The number of fused-ring (bicyclic) bond motifs is 10. The number of hydrogen-bond acceptors (Lipinski definition) is 1. The molecule has 0 unspecified atom stereocenters. The van der Waals surface area contributed by atoms with Gasteiger partial charge in [0, 0.05) is 21.9 Å². The van der Waals surface area contributed by atoms with E-state index >= 15 is 0 Å². The summed E-state index contributed by atoms with van der Waals surface area (Å²) in [5.41, 5.74) is 6.72. The average molecular weight is 571 g/mol. The van der Waals surface area contributed by atoms with Crippen molar-refractivity contribution in [3.8, 4) is 22.3 Å². The Morgan fingerprint density at radius 2 is 0.778 bits per heavy atom. The quantitative estimate of drug-likeness (QED) is 0.188. The highest BCUT2D eigenvalue weighted by atomic mass is 16.3. The fraction of sp³-hybridized carbons (Fsp3) is 0. The lowest BCUT2D eigenvalue weighted by Crippen LogP contribution is -1.92. The first kappa shape index (κ1) is 24.5. The number of hydrogen-bond donors (Lipinski definition) is 0. The lowest BCUT2D eigenvalue weighted by atomic mass is 9.84. The van der Waals surface area contributed by atoms with Crippen molar-refractivity contribution in [3.63, 3.8) is 0 Å². The molecule has 10 aromatic rings. The zero-order chi connectivity index (χ0) is 29.5. The Hall–Kier alpha value is -5.92. The molecule has 1 nitrogen and oxygen atoms in total. The molecule has 1 heteroatoms. The van der Waals surface area contributed by atoms with Gasteiger partial charge in [-0.05, 0) is 77.1 Å². The second-order valence-corrected chi connectivity index (χ2v) is 12.0. The average Bonchev–Trinajstić information content (AvgIpc) is 3.51. The van der Waals surface area contributed by atoms with Crippen LogP contribution in [-0.2, 0) is 0 Å². The van der Waals surface area contributed by atoms with E-state index in [0.717, 1.165) is 16.7 Å². The molecule has 0 radical (unpaired) electrons. The van der Waals surface area contributed by atoms with E-state index in [4.69, 9.17) is 4.42 Å². The Labute approximate surface area is 259 Å². The topological polar surface area (TPSA) is 13.1 Å². The normalized spacial score (nSPS) is 12.0. The Balaban J connectivity index is 1.42. The summed E-state index contributed by atoms with van der Waals surface area (Å²) in [6, 6.07) is 57.2. The standard InChI is InChI=1S/C44H26O/c1-4-16-30-27(12-1)15-11-23-33(30)40-34-19-7-9-21-36(34)41(37-22-10-8-20-35(37)40)38-26-29-14-3-6-18-32(29)43-42-31-17-5-2-13-28(31)24-25-39(42)45-44(38)43/h1-26H. The fourth-order valence-corrected chi connectivity index (χ4v) is 7.73. The summed E-state index contributed by atoms with van der Waals surface area (Å²) in [6.45, 7) is 0. The summed E-state index contributed by atoms with van der Waals surface area (Å²) >= 11 is 0. The zero-order valence-electron chi connectivity index (χ0n) is 24.4. The summed E-state index contributed by atoms with van der Waals surface area (Å²) in [7, 11) is 0. The molecule has 0 fully saturated rings. The fourth-order valence-electron chi connectivity index (χ4n) is 7.73.